The van der Waals surface area contributed by atoms with Crippen molar-refractivity contribution in [1.29, 1.82) is 0 Å². The van der Waals surface area contributed by atoms with E-state index in [1.165, 1.54) is 4.90 Å². The van der Waals surface area contributed by atoms with Gasteiger partial charge < -0.3 is 5.11 Å². The topological polar surface area (TPSA) is 20.2 Å². The van der Waals surface area contributed by atoms with Crippen LogP contribution in [0.1, 0.15) is 11.1 Å². The van der Waals surface area contributed by atoms with E-state index in [1.807, 2.05) is 66.7 Å². The Bertz CT molecular complexity index is 713. The third kappa shape index (κ3) is 4.25. The van der Waals surface area contributed by atoms with Crippen LogP contribution in [0.2, 0.25) is 0 Å². The minimum Gasteiger partial charge on any atom is -0.384 e. The molecule has 0 aromatic heterocycles. The fourth-order valence-electron chi connectivity index (χ4n) is 2.64. The van der Waals surface area contributed by atoms with Gasteiger partial charge in [0.1, 0.15) is 5.60 Å². The van der Waals surface area contributed by atoms with Crippen LogP contribution < -0.4 is 0 Å². The van der Waals surface area contributed by atoms with Gasteiger partial charge in [0, 0.05) is 17.1 Å². The Hall–Kier alpha value is -2.03. The second-order valence-electron chi connectivity index (χ2n) is 5.66. The van der Waals surface area contributed by atoms with E-state index in [0.717, 1.165) is 11.1 Å². The lowest BCUT2D eigenvalue weighted by Crippen LogP contribution is -2.31. The van der Waals surface area contributed by atoms with Gasteiger partial charge in [-0.25, -0.2) is 0 Å². The molecule has 3 rings (SSSR count). The third-order valence-corrected chi connectivity index (χ3v) is 5.10. The molecule has 1 N–H and O–H groups in total. The van der Waals surface area contributed by atoms with E-state index in [2.05, 4.69) is 24.3 Å². The molecule has 23 heavy (non-hydrogen) atoms. The molecule has 1 nitrogen and oxygen atoms in total. The summed E-state index contributed by atoms with van der Waals surface area (Å²) < 4.78 is 0. The summed E-state index contributed by atoms with van der Waals surface area (Å²) >= 11 is 1.69. The average Bonchev–Trinajstić information content (AvgIpc) is 2.63. The fourth-order valence-corrected chi connectivity index (χ4v) is 3.66. The second-order valence-corrected chi connectivity index (χ2v) is 6.71. The van der Waals surface area contributed by atoms with Gasteiger partial charge in [0.2, 0.25) is 0 Å². The van der Waals surface area contributed by atoms with Crippen LogP contribution in [0.25, 0.3) is 0 Å². The lowest BCUT2D eigenvalue weighted by molar-refractivity contribution is 0.0629. The molecule has 3 aromatic rings. The second kappa shape index (κ2) is 7.49. The average molecular weight is 320 g/mol. The van der Waals surface area contributed by atoms with E-state index in [4.69, 9.17) is 0 Å². The molecule has 0 aliphatic rings. The number of benzene rings is 3. The Morgan fingerprint density at radius 2 is 1.22 bits per heavy atom. The van der Waals surface area contributed by atoms with Crippen molar-refractivity contribution in [2.45, 2.75) is 16.9 Å². The van der Waals surface area contributed by atoms with E-state index in [9.17, 15) is 5.11 Å². The van der Waals surface area contributed by atoms with E-state index in [0.29, 0.717) is 12.2 Å². The number of hydrogen-bond donors (Lipinski definition) is 1. The smallest absolute Gasteiger partial charge is 0.103 e. The zero-order valence-electron chi connectivity index (χ0n) is 12.9. The maximum Gasteiger partial charge on any atom is 0.103 e. The summed E-state index contributed by atoms with van der Waals surface area (Å²) in [7, 11) is 0. The van der Waals surface area contributed by atoms with Crippen molar-refractivity contribution in [3.05, 3.63) is 102 Å². The van der Waals surface area contributed by atoms with Crippen molar-refractivity contribution in [3.8, 4) is 0 Å². The van der Waals surface area contributed by atoms with Gasteiger partial charge in [-0.2, -0.15) is 0 Å². The molecule has 0 radical (unpaired) electrons. The predicted molar refractivity (Wildman–Crippen MR) is 97.7 cm³/mol. The summed E-state index contributed by atoms with van der Waals surface area (Å²) in [5, 5.41) is 11.4. The molecular formula is C21H20OS. The van der Waals surface area contributed by atoms with Crippen LogP contribution in [0, 0.1) is 0 Å². The van der Waals surface area contributed by atoms with Crippen LogP contribution in [-0.2, 0) is 12.0 Å². The molecule has 0 aliphatic heterocycles. The highest BCUT2D eigenvalue weighted by Gasteiger charge is 2.29. The largest absolute Gasteiger partial charge is 0.384 e. The number of thioether (sulfide) groups is 1. The highest BCUT2D eigenvalue weighted by molar-refractivity contribution is 7.99. The molecule has 1 atom stereocenters. The quantitative estimate of drug-likeness (QED) is 0.651. The molecule has 0 amide bonds. The standard InChI is InChI=1S/C21H20OS/c22-21(19-12-6-2-7-13-19,16-18-10-4-1-5-11-18)17-23-20-14-8-3-9-15-20/h1-15,22H,16-17H2. The Kier molecular flexibility index (Phi) is 5.16. The fraction of sp³-hybridized carbons (Fsp3) is 0.143. The zero-order valence-corrected chi connectivity index (χ0v) is 13.7. The number of aliphatic hydroxyl groups is 1. The SMILES string of the molecule is OC(CSc1ccccc1)(Cc1ccccc1)c1ccccc1. The summed E-state index contributed by atoms with van der Waals surface area (Å²) in [5.74, 6) is 0.621. The van der Waals surface area contributed by atoms with Gasteiger partial charge in [-0.3, -0.25) is 0 Å². The van der Waals surface area contributed by atoms with Gasteiger partial charge in [0.15, 0.2) is 0 Å². The van der Waals surface area contributed by atoms with Crippen LogP contribution in [0.15, 0.2) is 95.9 Å². The van der Waals surface area contributed by atoms with Crippen LogP contribution in [0.4, 0.5) is 0 Å². The molecular weight excluding hydrogens is 300 g/mol. The van der Waals surface area contributed by atoms with Crippen LogP contribution >= 0.6 is 11.8 Å². The minimum absolute atomic E-state index is 0.609. The Morgan fingerprint density at radius 3 is 1.83 bits per heavy atom. The van der Waals surface area contributed by atoms with Crippen molar-refractivity contribution in [1.82, 2.24) is 0 Å². The maximum absolute atomic E-state index is 11.4. The normalized spacial score (nSPS) is 13.4. The molecule has 2 heteroatoms. The van der Waals surface area contributed by atoms with E-state index in [1.54, 1.807) is 11.8 Å². The van der Waals surface area contributed by atoms with Gasteiger partial charge >= 0.3 is 0 Å². The van der Waals surface area contributed by atoms with Gasteiger partial charge in [0.05, 0.1) is 0 Å². The molecule has 0 fully saturated rings. The molecule has 0 saturated carbocycles. The highest BCUT2D eigenvalue weighted by atomic mass is 32.2. The zero-order chi connectivity index (χ0) is 16.0. The Morgan fingerprint density at radius 1 is 0.696 bits per heavy atom. The van der Waals surface area contributed by atoms with Gasteiger partial charge in [-0.05, 0) is 23.3 Å². The summed E-state index contributed by atoms with van der Waals surface area (Å²) in [5.41, 5.74) is 1.23. The van der Waals surface area contributed by atoms with Crippen molar-refractivity contribution >= 4 is 11.8 Å². The lowest BCUT2D eigenvalue weighted by atomic mass is 9.89. The van der Waals surface area contributed by atoms with Crippen molar-refractivity contribution in [2.75, 3.05) is 5.75 Å². The first kappa shape index (κ1) is 15.9. The van der Waals surface area contributed by atoms with E-state index >= 15 is 0 Å². The maximum atomic E-state index is 11.4. The predicted octanol–water partition coefficient (Wildman–Crippen LogP) is 4.91. The molecule has 0 aliphatic carbocycles. The molecule has 116 valence electrons. The summed E-state index contributed by atoms with van der Waals surface area (Å²) in [6.07, 6.45) is 0.609. The molecule has 1 unspecified atom stereocenters. The highest BCUT2D eigenvalue weighted by Crippen LogP contribution is 2.32. The van der Waals surface area contributed by atoms with Crippen molar-refractivity contribution in [3.63, 3.8) is 0 Å². The number of rotatable bonds is 6. The summed E-state index contributed by atoms with van der Waals surface area (Å²) in [4.78, 5) is 1.18. The van der Waals surface area contributed by atoms with Crippen LogP contribution in [0.5, 0.6) is 0 Å². The first-order chi connectivity index (χ1) is 11.3. The minimum atomic E-state index is -0.886. The van der Waals surface area contributed by atoms with Gasteiger partial charge in [0.25, 0.3) is 0 Å². The van der Waals surface area contributed by atoms with Crippen LogP contribution in [0.3, 0.4) is 0 Å². The Balaban J connectivity index is 1.84. The molecule has 3 aromatic carbocycles. The molecule has 0 bridgehead atoms. The van der Waals surface area contributed by atoms with Crippen molar-refractivity contribution in [2.24, 2.45) is 0 Å². The first-order valence-electron chi connectivity index (χ1n) is 7.76. The summed E-state index contributed by atoms with van der Waals surface area (Å²) in [6.45, 7) is 0. The van der Waals surface area contributed by atoms with E-state index in [-0.39, 0.29) is 0 Å². The van der Waals surface area contributed by atoms with Crippen molar-refractivity contribution < 1.29 is 5.11 Å². The molecule has 0 spiro atoms. The first-order valence-corrected chi connectivity index (χ1v) is 8.74. The van der Waals surface area contributed by atoms with Gasteiger partial charge in [-0.1, -0.05) is 78.9 Å². The molecule has 0 saturated heterocycles. The molecule has 0 heterocycles. The van der Waals surface area contributed by atoms with E-state index < -0.39 is 5.60 Å². The van der Waals surface area contributed by atoms with Gasteiger partial charge in [-0.15, -0.1) is 11.8 Å². The van der Waals surface area contributed by atoms with Crippen LogP contribution in [-0.4, -0.2) is 10.9 Å². The monoisotopic (exact) mass is 320 g/mol. The summed E-state index contributed by atoms with van der Waals surface area (Å²) in [6, 6.07) is 30.4. The number of hydrogen-bond acceptors (Lipinski definition) is 2. The third-order valence-electron chi connectivity index (χ3n) is 3.87. The Labute approximate surface area is 142 Å². The lowest BCUT2D eigenvalue weighted by Gasteiger charge is -2.29.